The molecule has 0 saturated heterocycles. The summed E-state index contributed by atoms with van der Waals surface area (Å²) in [7, 11) is 0. The van der Waals surface area contributed by atoms with Crippen LogP contribution in [-0.4, -0.2) is 21.2 Å². The number of benzene rings is 2. The predicted molar refractivity (Wildman–Crippen MR) is 105 cm³/mol. The minimum atomic E-state index is -0.519. The summed E-state index contributed by atoms with van der Waals surface area (Å²) in [5.74, 6) is 0.688. The Bertz CT molecular complexity index is 1010. The number of rotatable bonds is 3. The number of ether oxygens (including phenoxy) is 2. The van der Waals surface area contributed by atoms with Crippen LogP contribution in [-0.2, 0) is 0 Å². The van der Waals surface area contributed by atoms with Gasteiger partial charge < -0.3 is 14.8 Å². The Balaban J connectivity index is 1.35. The molecule has 1 amide bonds. The first-order chi connectivity index (χ1) is 13.7. The van der Waals surface area contributed by atoms with Crippen LogP contribution in [0.1, 0.15) is 42.6 Å². The molecular weight excluding hydrogens is 354 g/mol. The Labute approximate surface area is 163 Å². The van der Waals surface area contributed by atoms with Crippen molar-refractivity contribution in [2.24, 2.45) is 0 Å². The smallest absolute Gasteiger partial charge is 0.274 e. The number of carbonyl (C=O) groups excluding carboxylic acids is 1. The number of anilines is 1. The molecule has 1 aromatic heterocycles. The number of hydrogen-bond donors (Lipinski definition) is 1. The SMILES string of the molecule is O=C(Nc1ccc2c(c1)OC1(CCCCC1)O2)c1cncn1-c1ccccc1. The lowest BCUT2D eigenvalue weighted by Gasteiger charge is -2.31. The van der Waals surface area contributed by atoms with Crippen molar-refractivity contribution in [1.29, 1.82) is 0 Å². The highest BCUT2D eigenvalue weighted by molar-refractivity contribution is 6.03. The van der Waals surface area contributed by atoms with Crippen LogP contribution >= 0.6 is 0 Å². The average molecular weight is 375 g/mol. The quantitative estimate of drug-likeness (QED) is 0.729. The number of carbonyl (C=O) groups is 1. The summed E-state index contributed by atoms with van der Waals surface area (Å²) in [5, 5.41) is 2.94. The summed E-state index contributed by atoms with van der Waals surface area (Å²) >= 11 is 0. The van der Waals surface area contributed by atoms with Gasteiger partial charge in [-0.25, -0.2) is 4.98 Å². The molecule has 142 valence electrons. The molecule has 2 heterocycles. The van der Waals surface area contributed by atoms with Crippen LogP contribution in [0, 0.1) is 0 Å². The number of imidazole rings is 1. The van der Waals surface area contributed by atoms with Gasteiger partial charge in [0.05, 0.1) is 12.5 Å². The van der Waals surface area contributed by atoms with Crippen molar-refractivity contribution < 1.29 is 14.3 Å². The van der Waals surface area contributed by atoms with E-state index in [2.05, 4.69) is 10.3 Å². The highest BCUT2D eigenvalue weighted by atomic mass is 16.7. The Kier molecular flexibility index (Phi) is 4.04. The Hall–Kier alpha value is -3.28. The van der Waals surface area contributed by atoms with E-state index in [1.54, 1.807) is 17.1 Å². The third-order valence-corrected chi connectivity index (χ3v) is 5.31. The summed E-state index contributed by atoms with van der Waals surface area (Å²) in [4.78, 5) is 17.0. The van der Waals surface area contributed by atoms with Crippen molar-refractivity contribution in [3.63, 3.8) is 0 Å². The summed E-state index contributed by atoms with van der Waals surface area (Å²) in [6, 6.07) is 15.2. The molecule has 1 aliphatic carbocycles. The molecule has 1 fully saturated rings. The third-order valence-electron chi connectivity index (χ3n) is 5.31. The summed E-state index contributed by atoms with van der Waals surface area (Å²) in [6.45, 7) is 0. The fraction of sp³-hybridized carbons (Fsp3) is 0.273. The number of aromatic nitrogens is 2. The number of nitrogens with zero attached hydrogens (tertiary/aromatic N) is 2. The van der Waals surface area contributed by atoms with Gasteiger partial charge in [0.2, 0.25) is 0 Å². The van der Waals surface area contributed by atoms with Crippen LogP contribution in [0.4, 0.5) is 5.69 Å². The van der Waals surface area contributed by atoms with Crippen molar-refractivity contribution in [3.8, 4) is 17.2 Å². The van der Waals surface area contributed by atoms with E-state index in [-0.39, 0.29) is 5.91 Å². The monoisotopic (exact) mass is 375 g/mol. The standard InChI is InChI=1S/C22H21N3O3/c26-21(18-14-23-15-25(18)17-7-3-1-4-8-17)24-16-9-10-19-20(13-16)28-22(27-19)11-5-2-6-12-22/h1,3-4,7-10,13-15H,2,5-6,11-12H2,(H,24,26). The first-order valence-corrected chi connectivity index (χ1v) is 9.64. The maximum Gasteiger partial charge on any atom is 0.274 e. The molecule has 3 aromatic rings. The van der Waals surface area contributed by atoms with E-state index in [0.29, 0.717) is 17.1 Å². The number of amides is 1. The zero-order valence-corrected chi connectivity index (χ0v) is 15.4. The van der Waals surface area contributed by atoms with E-state index < -0.39 is 5.79 Å². The molecule has 1 N–H and O–H groups in total. The molecule has 6 heteroatoms. The fourth-order valence-electron chi connectivity index (χ4n) is 3.92. The van der Waals surface area contributed by atoms with Crippen LogP contribution in [0.2, 0.25) is 0 Å². The van der Waals surface area contributed by atoms with E-state index >= 15 is 0 Å². The Morgan fingerprint density at radius 1 is 1.00 bits per heavy atom. The van der Waals surface area contributed by atoms with E-state index in [9.17, 15) is 4.79 Å². The molecule has 1 saturated carbocycles. The van der Waals surface area contributed by atoms with Gasteiger partial charge in [0, 0.05) is 30.3 Å². The Morgan fingerprint density at radius 3 is 2.61 bits per heavy atom. The average Bonchev–Trinajstić information content (AvgIpc) is 3.33. The van der Waals surface area contributed by atoms with Gasteiger partial charge in [0.15, 0.2) is 11.5 Å². The van der Waals surface area contributed by atoms with E-state index in [4.69, 9.17) is 9.47 Å². The van der Waals surface area contributed by atoms with E-state index in [0.717, 1.165) is 37.1 Å². The van der Waals surface area contributed by atoms with Crippen LogP contribution in [0.15, 0.2) is 61.1 Å². The van der Waals surface area contributed by atoms with Crippen molar-refractivity contribution >= 4 is 11.6 Å². The molecule has 28 heavy (non-hydrogen) atoms. The predicted octanol–water partition coefficient (Wildman–Crippen LogP) is 4.56. The first kappa shape index (κ1) is 16.9. The van der Waals surface area contributed by atoms with Gasteiger partial charge in [0.1, 0.15) is 5.69 Å². The minimum Gasteiger partial charge on any atom is -0.448 e. The largest absolute Gasteiger partial charge is 0.448 e. The van der Waals surface area contributed by atoms with Crippen LogP contribution in [0.5, 0.6) is 11.5 Å². The van der Waals surface area contributed by atoms with Crippen molar-refractivity contribution in [2.45, 2.75) is 37.9 Å². The maximum atomic E-state index is 12.8. The molecule has 0 bridgehead atoms. The number of fused-ring (bicyclic) bond motifs is 1. The molecular formula is C22H21N3O3. The van der Waals surface area contributed by atoms with Gasteiger partial charge in [-0.1, -0.05) is 24.6 Å². The third kappa shape index (κ3) is 3.01. The van der Waals surface area contributed by atoms with Crippen molar-refractivity contribution in [2.75, 3.05) is 5.32 Å². The zero-order chi connectivity index (χ0) is 19.0. The lowest BCUT2D eigenvalue weighted by Crippen LogP contribution is -2.40. The van der Waals surface area contributed by atoms with Crippen molar-refractivity contribution in [3.05, 3.63) is 66.7 Å². The zero-order valence-electron chi connectivity index (χ0n) is 15.4. The molecule has 1 spiro atoms. The molecule has 1 aliphatic heterocycles. The highest BCUT2D eigenvalue weighted by Gasteiger charge is 2.42. The molecule has 2 aliphatic rings. The van der Waals surface area contributed by atoms with Gasteiger partial charge in [-0.05, 0) is 37.1 Å². The molecule has 0 radical (unpaired) electrons. The highest BCUT2D eigenvalue weighted by Crippen LogP contribution is 2.46. The second kappa shape index (κ2) is 6.71. The molecule has 0 atom stereocenters. The van der Waals surface area contributed by atoms with Gasteiger partial charge in [0.25, 0.3) is 11.7 Å². The van der Waals surface area contributed by atoms with Gasteiger partial charge in [-0.15, -0.1) is 0 Å². The number of nitrogens with one attached hydrogen (secondary N) is 1. The molecule has 0 unspecified atom stereocenters. The number of hydrogen-bond acceptors (Lipinski definition) is 4. The Morgan fingerprint density at radius 2 is 1.79 bits per heavy atom. The lowest BCUT2D eigenvalue weighted by molar-refractivity contribution is -0.105. The fourth-order valence-corrected chi connectivity index (χ4v) is 3.92. The molecule has 5 rings (SSSR count). The van der Waals surface area contributed by atoms with Crippen LogP contribution in [0.3, 0.4) is 0 Å². The topological polar surface area (TPSA) is 65.4 Å². The lowest BCUT2D eigenvalue weighted by atomic mass is 9.94. The number of para-hydroxylation sites is 1. The van der Waals surface area contributed by atoms with Crippen LogP contribution < -0.4 is 14.8 Å². The van der Waals surface area contributed by atoms with Gasteiger partial charge >= 0.3 is 0 Å². The normalized spacial score (nSPS) is 16.9. The van der Waals surface area contributed by atoms with Crippen LogP contribution in [0.25, 0.3) is 5.69 Å². The van der Waals surface area contributed by atoms with Crippen molar-refractivity contribution in [1.82, 2.24) is 9.55 Å². The first-order valence-electron chi connectivity index (χ1n) is 9.64. The summed E-state index contributed by atoms with van der Waals surface area (Å²) in [6.07, 6.45) is 8.45. The summed E-state index contributed by atoms with van der Waals surface area (Å²) in [5.41, 5.74) is 2.02. The second-order valence-corrected chi connectivity index (χ2v) is 7.28. The summed E-state index contributed by atoms with van der Waals surface area (Å²) < 4.78 is 14.0. The van der Waals surface area contributed by atoms with Gasteiger partial charge in [-0.2, -0.15) is 0 Å². The van der Waals surface area contributed by atoms with E-state index in [1.807, 2.05) is 48.5 Å². The van der Waals surface area contributed by atoms with E-state index in [1.165, 1.54) is 6.42 Å². The molecule has 6 nitrogen and oxygen atoms in total. The van der Waals surface area contributed by atoms with Gasteiger partial charge in [-0.3, -0.25) is 9.36 Å². The minimum absolute atomic E-state index is 0.229. The maximum absolute atomic E-state index is 12.8. The molecule has 2 aromatic carbocycles. The second-order valence-electron chi connectivity index (χ2n) is 7.28.